The lowest BCUT2D eigenvalue weighted by atomic mass is 9.97. The van der Waals surface area contributed by atoms with Crippen LogP contribution < -0.4 is 0 Å². The topological polar surface area (TPSA) is 105 Å². The van der Waals surface area contributed by atoms with Gasteiger partial charge >= 0.3 is 18.0 Å². The lowest BCUT2D eigenvalue weighted by Gasteiger charge is -2.32. The number of halogens is 3. The minimum absolute atomic E-state index is 0.191. The van der Waals surface area contributed by atoms with Crippen LogP contribution in [0.15, 0.2) is 35.0 Å². The van der Waals surface area contributed by atoms with E-state index in [0.29, 0.717) is 18.0 Å². The number of carbonyl (C=O) groups is 1. The molecule has 12 heteroatoms. The van der Waals surface area contributed by atoms with Crippen molar-refractivity contribution in [1.82, 2.24) is 34.7 Å². The van der Waals surface area contributed by atoms with Crippen LogP contribution in [0.25, 0.3) is 5.52 Å². The average molecular weight is 459 g/mol. The lowest BCUT2D eigenvalue weighted by Crippen LogP contribution is -2.41. The number of H-pyrrole nitrogens is 1. The van der Waals surface area contributed by atoms with Gasteiger partial charge in [0.2, 0.25) is 5.89 Å². The van der Waals surface area contributed by atoms with Crippen LogP contribution in [0.1, 0.15) is 66.2 Å². The van der Waals surface area contributed by atoms with Gasteiger partial charge in [0.1, 0.15) is 11.7 Å². The van der Waals surface area contributed by atoms with E-state index in [1.807, 2.05) is 20.8 Å². The van der Waals surface area contributed by atoms with E-state index in [4.69, 9.17) is 4.42 Å². The van der Waals surface area contributed by atoms with Gasteiger partial charge in [0.25, 0.3) is 0 Å². The van der Waals surface area contributed by atoms with Crippen molar-refractivity contribution in [2.45, 2.75) is 44.8 Å². The van der Waals surface area contributed by atoms with E-state index in [-0.39, 0.29) is 23.6 Å². The summed E-state index contributed by atoms with van der Waals surface area (Å²) in [6, 6.07) is 4.51. The molecule has 1 aliphatic heterocycles. The molecule has 1 atom stereocenters. The maximum absolute atomic E-state index is 13.5. The number of imidazole rings is 1. The van der Waals surface area contributed by atoms with Crippen molar-refractivity contribution in [2.75, 3.05) is 6.54 Å². The van der Waals surface area contributed by atoms with Crippen LogP contribution in [0.5, 0.6) is 0 Å². The van der Waals surface area contributed by atoms with E-state index >= 15 is 0 Å². The fourth-order valence-electron chi connectivity index (χ4n) is 3.91. The molecule has 33 heavy (non-hydrogen) atoms. The molecule has 0 bridgehead atoms. The number of amides is 1. The fraction of sp³-hybridized carbons (Fsp3) is 0.381. The minimum atomic E-state index is -4.59. The first-order chi connectivity index (χ1) is 15.5. The summed E-state index contributed by atoms with van der Waals surface area (Å²) >= 11 is 0. The first-order valence-corrected chi connectivity index (χ1v) is 10.3. The standard InChI is InChI=1S/C21H20F3N7O2/c1-20(2,3)19-28-27-17(33-19)18(32)30-8-7-12-15(26-10-25-12)16(30)13-9-11-5-4-6-14(21(22,23)24)31(11)29-13/h4-6,9-10,16H,7-8H2,1-3H3,(H,25,26). The Morgan fingerprint density at radius 2 is 2.00 bits per heavy atom. The van der Waals surface area contributed by atoms with Crippen molar-refractivity contribution in [1.29, 1.82) is 0 Å². The van der Waals surface area contributed by atoms with Gasteiger partial charge in [-0.2, -0.15) is 18.3 Å². The average Bonchev–Trinajstić information content (AvgIpc) is 3.49. The molecule has 0 radical (unpaired) electrons. The smallest absolute Gasteiger partial charge is 0.416 e. The zero-order chi connectivity index (χ0) is 23.5. The highest BCUT2D eigenvalue weighted by Gasteiger charge is 2.40. The molecule has 0 fully saturated rings. The summed E-state index contributed by atoms with van der Waals surface area (Å²) in [6.07, 6.45) is -2.61. The number of hydrogen-bond acceptors (Lipinski definition) is 6. The summed E-state index contributed by atoms with van der Waals surface area (Å²) in [5.74, 6) is -0.421. The molecule has 5 heterocycles. The summed E-state index contributed by atoms with van der Waals surface area (Å²) in [7, 11) is 0. The highest BCUT2D eigenvalue weighted by Crippen LogP contribution is 2.36. The molecule has 0 saturated carbocycles. The van der Waals surface area contributed by atoms with Gasteiger partial charge in [0.15, 0.2) is 0 Å². The molecule has 1 amide bonds. The number of fused-ring (bicyclic) bond motifs is 2. The number of rotatable bonds is 2. The molecule has 4 aromatic heterocycles. The Morgan fingerprint density at radius 1 is 1.21 bits per heavy atom. The second kappa shape index (κ2) is 7.15. The van der Waals surface area contributed by atoms with Gasteiger partial charge in [-0.1, -0.05) is 26.8 Å². The van der Waals surface area contributed by atoms with E-state index < -0.39 is 29.2 Å². The van der Waals surface area contributed by atoms with E-state index in [1.54, 1.807) is 0 Å². The van der Waals surface area contributed by atoms with Crippen molar-refractivity contribution in [3.8, 4) is 0 Å². The molecular weight excluding hydrogens is 439 g/mol. The number of pyridine rings is 1. The Balaban J connectivity index is 1.61. The van der Waals surface area contributed by atoms with Gasteiger partial charge in [-0.3, -0.25) is 4.79 Å². The van der Waals surface area contributed by atoms with E-state index in [9.17, 15) is 18.0 Å². The van der Waals surface area contributed by atoms with Crippen molar-refractivity contribution < 1.29 is 22.4 Å². The second-order valence-corrected chi connectivity index (χ2v) is 8.89. The third kappa shape index (κ3) is 3.55. The molecule has 1 aliphatic rings. The molecule has 0 saturated heterocycles. The third-order valence-electron chi connectivity index (χ3n) is 5.51. The zero-order valence-corrected chi connectivity index (χ0v) is 18.0. The molecular formula is C21H20F3N7O2. The monoisotopic (exact) mass is 459 g/mol. The van der Waals surface area contributed by atoms with Crippen LogP contribution in [0.2, 0.25) is 0 Å². The molecule has 1 unspecified atom stereocenters. The Bertz CT molecular complexity index is 1350. The first-order valence-electron chi connectivity index (χ1n) is 10.3. The summed E-state index contributed by atoms with van der Waals surface area (Å²) in [5.41, 5.74) is 0.457. The zero-order valence-electron chi connectivity index (χ0n) is 18.0. The van der Waals surface area contributed by atoms with Crippen LogP contribution in [0, 0.1) is 0 Å². The second-order valence-electron chi connectivity index (χ2n) is 8.89. The molecule has 1 N–H and O–H groups in total. The highest BCUT2D eigenvalue weighted by molar-refractivity contribution is 5.90. The van der Waals surface area contributed by atoms with Crippen LogP contribution in [-0.4, -0.2) is 47.1 Å². The van der Waals surface area contributed by atoms with Crippen LogP contribution in [0.3, 0.4) is 0 Å². The summed E-state index contributed by atoms with van der Waals surface area (Å²) in [4.78, 5) is 22.2. The number of hydrogen-bond donors (Lipinski definition) is 1. The first kappa shape index (κ1) is 21.2. The summed E-state index contributed by atoms with van der Waals surface area (Å²) < 4.78 is 47.0. The van der Waals surface area contributed by atoms with E-state index in [2.05, 4.69) is 25.3 Å². The van der Waals surface area contributed by atoms with Gasteiger partial charge < -0.3 is 14.3 Å². The quantitative estimate of drug-likeness (QED) is 0.492. The third-order valence-corrected chi connectivity index (χ3v) is 5.51. The van der Waals surface area contributed by atoms with Gasteiger partial charge in [-0.05, 0) is 18.2 Å². The van der Waals surface area contributed by atoms with Crippen molar-refractivity contribution in [3.05, 3.63) is 65.1 Å². The normalized spacial score (nSPS) is 16.9. The van der Waals surface area contributed by atoms with Crippen LogP contribution in [-0.2, 0) is 18.0 Å². The molecule has 0 spiro atoms. The van der Waals surface area contributed by atoms with Gasteiger partial charge in [0.05, 0.1) is 23.2 Å². The van der Waals surface area contributed by atoms with Gasteiger partial charge in [-0.15, -0.1) is 10.2 Å². The van der Waals surface area contributed by atoms with Crippen LogP contribution in [0.4, 0.5) is 13.2 Å². The predicted octanol–water partition coefficient (Wildman–Crippen LogP) is 3.54. The molecule has 172 valence electrons. The van der Waals surface area contributed by atoms with Crippen molar-refractivity contribution in [2.24, 2.45) is 0 Å². The number of nitrogens with one attached hydrogen (secondary N) is 1. The number of alkyl halides is 3. The SMILES string of the molecule is CC(C)(C)c1nnc(C(=O)N2CCc3[nH]cnc3C2c2cc3cccc(C(F)(F)F)n3n2)o1. The van der Waals surface area contributed by atoms with E-state index in [1.165, 1.54) is 29.4 Å². The highest BCUT2D eigenvalue weighted by atomic mass is 19.4. The largest absolute Gasteiger partial charge is 0.433 e. The molecule has 4 aromatic rings. The van der Waals surface area contributed by atoms with Gasteiger partial charge in [-0.25, -0.2) is 9.50 Å². The number of carbonyl (C=O) groups excluding carboxylic acids is 1. The van der Waals surface area contributed by atoms with E-state index in [0.717, 1.165) is 16.3 Å². The number of nitrogens with zero attached hydrogens (tertiary/aromatic N) is 6. The Morgan fingerprint density at radius 3 is 2.70 bits per heavy atom. The van der Waals surface area contributed by atoms with Crippen molar-refractivity contribution >= 4 is 11.4 Å². The molecule has 9 nitrogen and oxygen atoms in total. The van der Waals surface area contributed by atoms with Crippen molar-refractivity contribution in [3.63, 3.8) is 0 Å². The summed E-state index contributed by atoms with van der Waals surface area (Å²) in [5, 5.41) is 12.1. The van der Waals surface area contributed by atoms with Gasteiger partial charge in [0, 0.05) is 24.1 Å². The maximum atomic E-state index is 13.5. The minimum Gasteiger partial charge on any atom is -0.416 e. The summed E-state index contributed by atoms with van der Waals surface area (Å²) in [6.45, 7) is 5.90. The predicted molar refractivity (Wildman–Crippen MR) is 108 cm³/mol. The lowest BCUT2D eigenvalue weighted by molar-refractivity contribution is -0.142. The molecule has 5 rings (SSSR count). The maximum Gasteiger partial charge on any atom is 0.433 e. The molecule has 0 aromatic carbocycles. The fourth-order valence-corrected chi connectivity index (χ4v) is 3.91. The molecule has 0 aliphatic carbocycles. The number of aromatic amines is 1. The number of aromatic nitrogens is 6. The Hall–Kier alpha value is -3.70. The Labute approximate surface area is 185 Å². The van der Waals surface area contributed by atoms with Crippen LogP contribution >= 0.6 is 0 Å². The Kier molecular flexibility index (Phi) is 4.59.